The van der Waals surface area contributed by atoms with E-state index in [1.54, 1.807) is 6.92 Å². The molecule has 1 amide bonds. The molecule has 1 fully saturated rings. The molecule has 0 aromatic heterocycles. The standard InChI is InChI=1S/C17H26N2O2/c1-3-17(21)15-6-4-5-7-16(15)19-10-8-14(9-11-19)12-18-13(2)20/h4-7,14,17,21H,3,8-12H2,1-2H3,(H,18,20)/t17-/m1/s1. The molecule has 0 spiro atoms. The van der Waals surface area contributed by atoms with E-state index in [1.165, 1.54) is 0 Å². The van der Waals surface area contributed by atoms with Crippen molar-refractivity contribution in [3.63, 3.8) is 0 Å². The second-order valence-electron chi connectivity index (χ2n) is 5.85. The van der Waals surface area contributed by atoms with Crippen LogP contribution in [0.15, 0.2) is 24.3 Å². The van der Waals surface area contributed by atoms with Gasteiger partial charge in [0.05, 0.1) is 6.10 Å². The molecule has 1 aromatic rings. The number of rotatable bonds is 5. The summed E-state index contributed by atoms with van der Waals surface area (Å²) in [5.74, 6) is 0.613. The Hall–Kier alpha value is -1.55. The third-order valence-electron chi connectivity index (χ3n) is 4.28. The first-order valence-corrected chi connectivity index (χ1v) is 7.88. The number of nitrogens with zero attached hydrogens (tertiary/aromatic N) is 1. The Labute approximate surface area is 127 Å². The highest BCUT2D eigenvalue weighted by atomic mass is 16.3. The summed E-state index contributed by atoms with van der Waals surface area (Å²) in [6, 6.07) is 8.14. The monoisotopic (exact) mass is 290 g/mol. The van der Waals surface area contributed by atoms with E-state index in [0.29, 0.717) is 5.92 Å². The predicted octanol–water partition coefficient (Wildman–Crippen LogP) is 2.48. The quantitative estimate of drug-likeness (QED) is 0.876. The second kappa shape index (κ2) is 7.46. The van der Waals surface area contributed by atoms with Crippen LogP contribution in [-0.4, -0.2) is 30.6 Å². The van der Waals surface area contributed by atoms with E-state index in [4.69, 9.17) is 0 Å². The summed E-state index contributed by atoms with van der Waals surface area (Å²) in [5, 5.41) is 13.1. The van der Waals surface area contributed by atoms with E-state index in [2.05, 4.69) is 16.3 Å². The number of nitrogens with one attached hydrogen (secondary N) is 1. The highest BCUT2D eigenvalue weighted by Crippen LogP contribution is 2.31. The smallest absolute Gasteiger partial charge is 0.216 e. The van der Waals surface area contributed by atoms with Gasteiger partial charge in [-0.15, -0.1) is 0 Å². The number of hydrogen-bond donors (Lipinski definition) is 2. The van der Waals surface area contributed by atoms with Crippen molar-refractivity contribution in [2.45, 2.75) is 39.2 Å². The Morgan fingerprint density at radius 1 is 1.38 bits per heavy atom. The molecule has 1 heterocycles. The summed E-state index contributed by atoms with van der Waals surface area (Å²) >= 11 is 0. The first-order chi connectivity index (χ1) is 10.1. The van der Waals surface area contributed by atoms with Crippen molar-refractivity contribution in [3.8, 4) is 0 Å². The Bertz CT molecular complexity index is 468. The first kappa shape index (κ1) is 15.8. The van der Waals surface area contributed by atoms with Crippen LogP contribution < -0.4 is 10.2 Å². The summed E-state index contributed by atoms with van der Waals surface area (Å²) < 4.78 is 0. The Morgan fingerprint density at radius 2 is 2.05 bits per heavy atom. The van der Waals surface area contributed by atoms with Crippen LogP contribution in [0.2, 0.25) is 0 Å². The molecule has 0 unspecified atom stereocenters. The molecular formula is C17H26N2O2. The predicted molar refractivity (Wildman–Crippen MR) is 85.3 cm³/mol. The van der Waals surface area contributed by atoms with E-state index < -0.39 is 6.10 Å². The number of benzene rings is 1. The topological polar surface area (TPSA) is 52.6 Å². The van der Waals surface area contributed by atoms with Crippen molar-refractivity contribution in [1.29, 1.82) is 0 Å². The van der Waals surface area contributed by atoms with Crippen molar-refractivity contribution in [1.82, 2.24) is 5.32 Å². The highest BCUT2D eigenvalue weighted by molar-refractivity contribution is 5.72. The SMILES string of the molecule is CC[C@@H](O)c1ccccc1N1CCC(CNC(C)=O)CC1. The van der Waals surface area contributed by atoms with E-state index in [9.17, 15) is 9.90 Å². The van der Waals surface area contributed by atoms with Crippen molar-refractivity contribution >= 4 is 11.6 Å². The van der Waals surface area contributed by atoms with Crippen LogP contribution >= 0.6 is 0 Å². The normalized spacial score (nSPS) is 17.6. The lowest BCUT2D eigenvalue weighted by molar-refractivity contribution is -0.119. The number of aliphatic hydroxyl groups excluding tert-OH is 1. The number of para-hydroxylation sites is 1. The van der Waals surface area contributed by atoms with Gasteiger partial charge in [-0.25, -0.2) is 0 Å². The molecule has 0 radical (unpaired) electrons. The van der Waals surface area contributed by atoms with Gasteiger partial charge in [0.15, 0.2) is 0 Å². The Kier molecular flexibility index (Phi) is 5.62. The van der Waals surface area contributed by atoms with Gasteiger partial charge in [0.1, 0.15) is 0 Å². The molecule has 1 aromatic carbocycles. The average molecular weight is 290 g/mol. The van der Waals surface area contributed by atoms with Crippen LogP contribution in [0, 0.1) is 5.92 Å². The molecule has 1 atom stereocenters. The zero-order chi connectivity index (χ0) is 15.2. The van der Waals surface area contributed by atoms with Crippen molar-refractivity contribution in [3.05, 3.63) is 29.8 Å². The lowest BCUT2D eigenvalue weighted by atomic mass is 9.95. The summed E-state index contributed by atoms with van der Waals surface area (Å²) in [7, 11) is 0. The van der Waals surface area contributed by atoms with Gasteiger partial charge < -0.3 is 15.3 Å². The Morgan fingerprint density at radius 3 is 2.67 bits per heavy atom. The number of piperidine rings is 1. The lowest BCUT2D eigenvalue weighted by Gasteiger charge is -2.35. The Balaban J connectivity index is 1.97. The van der Waals surface area contributed by atoms with E-state index >= 15 is 0 Å². The molecule has 4 heteroatoms. The summed E-state index contributed by atoms with van der Waals surface area (Å²) in [6.07, 6.45) is 2.50. The number of aliphatic hydroxyl groups is 1. The van der Waals surface area contributed by atoms with Gasteiger partial charge in [0.2, 0.25) is 5.91 Å². The number of amides is 1. The molecule has 0 bridgehead atoms. The van der Waals surface area contributed by atoms with Gasteiger partial charge in [-0.3, -0.25) is 4.79 Å². The van der Waals surface area contributed by atoms with Gasteiger partial charge in [-0.2, -0.15) is 0 Å². The third-order valence-corrected chi connectivity index (χ3v) is 4.28. The fourth-order valence-electron chi connectivity index (χ4n) is 2.94. The van der Waals surface area contributed by atoms with E-state index in [1.807, 2.05) is 25.1 Å². The van der Waals surface area contributed by atoms with Crippen LogP contribution in [0.4, 0.5) is 5.69 Å². The largest absolute Gasteiger partial charge is 0.388 e. The van der Waals surface area contributed by atoms with Crippen molar-refractivity contribution < 1.29 is 9.90 Å². The molecule has 1 saturated heterocycles. The maximum absolute atomic E-state index is 11.0. The zero-order valence-electron chi connectivity index (χ0n) is 13.0. The summed E-state index contributed by atoms with van der Waals surface area (Å²) in [4.78, 5) is 13.3. The molecule has 0 aliphatic carbocycles. The molecular weight excluding hydrogens is 264 g/mol. The van der Waals surface area contributed by atoms with E-state index in [0.717, 1.165) is 50.1 Å². The van der Waals surface area contributed by atoms with Crippen LogP contribution in [-0.2, 0) is 4.79 Å². The lowest BCUT2D eigenvalue weighted by Crippen LogP contribution is -2.38. The molecule has 1 aliphatic rings. The minimum atomic E-state index is -0.390. The number of anilines is 1. The minimum absolute atomic E-state index is 0.0499. The maximum Gasteiger partial charge on any atom is 0.216 e. The molecule has 1 aliphatic heterocycles. The number of carbonyl (C=O) groups is 1. The van der Waals surface area contributed by atoms with Gasteiger partial charge in [-0.1, -0.05) is 25.1 Å². The van der Waals surface area contributed by atoms with Crippen molar-refractivity contribution in [2.75, 3.05) is 24.5 Å². The van der Waals surface area contributed by atoms with Crippen LogP contribution in [0.3, 0.4) is 0 Å². The molecule has 4 nitrogen and oxygen atoms in total. The number of hydrogen-bond acceptors (Lipinski definition) is 3. The minimum Gasteiger partial charge on any atom is -0.388 e. The molecule has 0 saturated carbocycles. The zero-order valence-corrected chi connectivity index (χ0v) is 13.0. The second-order valence-corrected chi connectivity index (χ2v) is 5.85. The van der Waals surface area contributed by atoms with Crippen LogP contribution in [0.5, 0.6) is 0 Å². The van der Waals surface area contributed by atoms with Gasteiger partial charge in [0, 0.05) is 37.8 Å². The molecule has 2 N–H and O–H groups in total. The van der Waals surface area contributed by atoms with Crippen LogP contribution in [0.25, 0.3) is 0 Å². The molecule has 116 valence electrons. The fraction of sp³-hybridized carbons (Fsp3) is 0.588. The fourth-order valence-corrected chi connectivity index (χ4v) is 2.94. The van der Waals surface area contributed by atoms with Gasteiger partial charge in [0.25, 0.3) is 0 Å². The molecule has 2 rings (SSSR count). The van der Waals surface area contributed by atoms with Gasteiger partial charge in [-0.05, 0) is 31.2 Å². The summed E-state index contributed by atoms with van der Waals surface area (Å²) in [5.41, 5.74) is 2.19. The maximum atomic E-state index is 11.0. The average Bonchev–Trinajstić information content (AvgIpc) is 2.52. The summed E-state index contributed by atoms with van der Waals surface area (Å²) in [6.45, 7) is 6.32. The first-order valence-electron chi connectivity index (χ1n) is 7.88. The molecule has 21 heavy (non-hydrogen) atoms. The highest BCUT2D eigenvalue weighted by Gasteiger charge is 2.22. The third kappa shape index (κ3) is 4.21. The van der Waals surface area contributed by atoms with E-state index in [-0.39, 0.29) is 5.91 Å². The van der Waals surface area contributed by atoms with Crippen LogP contribution in [0.1, 0.15) is 44.8 Å². The van der Waals surface area contributed by atoms with Crippen molar-refractivity contribution in [2.24, 2.45) is 5.92 Å². The number of carbonyl (C=O) groups excluding carboxylic acids is 1. The van der Waals surface area contributed by atoms with Gasteiger partial charge >= 0.3 is 0 Å².